The van der Waals surface area contributed by atoms with Crippen molar-refractivity contribution < 1.29 is 19.1 Å². The van der Waals surface area contributed by atoms with E-state index in [2.05, 4.69) is 0 Å². The van der Waals surface area contributed by atoms with Crippen molar-refractivity contribution in [2.75, 3.05) is 0 Å². The van der Waals surface area contributed by atoms with Gasteiger partial charge in [-0.3, -0.25) is 14.5 Å². The highest BCUT2D eigenvalue weighted by Gasteiger charge is 2.41. The summed E-state index contributed by atoms with van der Waals surface area (Å²) in [4.78, 5) is 37.9. The van der Waals surface area contributed by atoms with Crippen LogP contribution in [0.1, 0.15) is 33.2 Å². The number of rotatable bonds is 4. The van der Waals surface area contributed by atoms with Gasteiger partial charge in [-0.25, -0.2) is 4.79 Å². The first-order valence-electron chi connectivity index (χ1n) is 7.47. The van der Waals surface area contributed by atoms with Crippen molar-refractivity contribution in [3.63, 3.8) is 0 Å². The van der Waals surface area contributed by atoms with Crippen LogP contribution in [0.15, 0.2) is 42.5 Å². The highest BCUT2D eigenvalue weighted by Crippen LogP contribution is 2.26. The van der Waals surface area contributed by atoms with Crippen molar-refractivity contribution >= 4 is 41.0 Å². The zero-order chi connectivity index (χ0) is 18.1. The highest BCUT2D eigenvalue weighted by molar-refractivity contribution is 6.42. The molecule has 3 rings (SSSR count). The lowest BCUT2D eigenvalue weighted by Gasteiger charge is -2.21. The van der Waals surface area contributed by atoms with E-state index >= 15 is 0 Å². The van der Waals surface area contributed by atoms with Crippen LogP contribution in [0, 0.1) is 0 Å². The van der Waals surface area contributed by atoms with Crippen LogP contribution in [0.5, 0.6) is 0 Å². The molecule has 2 aromatic rings. The first kappa shape index (κ1) is 17.5. The fraction of sp³-hybridized carbons (Fsp3) is 0.167. The number of halogens is 2. The Labute approximate surface area is 154 Å². The number of hydrogen-bond acceptors (Lipinski definition) is 4. The molecule has 0 aromatic heterocycles. The molecule has 0 N–H and O–H groups in total. The largest absolute Gasteiger partial charge is 0.459 e. The summed E-state index contributed by atoms with van der Waals surface area (Å²) in [5.74, 6) is -1.68. The van der Waals surface area contributed by atoms with Gasteiger partial charge in [0.1, 0.15) is 12.6 Å². The van der Waals surface area contributed by atoms with Crippen LogP contribution in [0.25, 0.3) is 0 Å². The molecule has 1 aliphatic rings. The summed E-state index contributed by atoms with van der Waals surface area (Å²) in [7, 11) is 0. The molecule has 0 unspecified atom stereocenters. The smallest absolute Gasteiger partial charge is 0.329 e. The van der Waals surface area contributed by atoms with Crippen LogP contribution in [-0.4, -0.2) is 28.7 Å². The quantitative estimate of drug-likeness (QED) is 0.601. The highest BCUT2D eigenvalue weighted by atomic mass is 35.5. The normalized spacial score (nSPS) is 14.4. The number of hydrogen-bond donors (Lipinski definition) is 0. The summed E-state index contributed by atoms with van der Waals surface area (Å²) in [6.07, 6.45) is 0. The average molecular weight is 378 g/mol. The molecule has 0 spiro atoms. The van der Waals surface area contributed by atoms with E-state index in [0.717, 1.165) is 4.90 Å². The van der Waals surface area contributed by atoms with Gasteiger partial charge < -0.3 is 4.74 Å². The van der Waals surface area contributed by atoms with Gasteiger partial charge in [0.2, 0.25) is 0 Å². The van der Waals surface area contributed by atoms with Gasteiger partial charge in [0.25, 0.3) is 11.8 Å². The summed E-state index contributed by atoms with van der Waals surface area (Å²) in [6, 6.07) is 10.3. The summed E-state index contributed by atoms with van der Waals surface area (Å²) in [6.45, 7) is 1.42. The summed E-state index contributed by atoms with van der Waals surface area (Å²) < 4.78 is 5.21. The zero-order valence-electron chi connectivity index (χ0n) is 13.2. The van der Waals surface area contributed by atoms with Gasteiger partial charge in [0.05, 0.1) is 21.2 Å². The number of esters is 1. The van der Waals surface area contributed by atoms with Crippen molar-refractivity contribution in [2.45, 2.75) is 19.6 Å². The lowest BCUT2D eigenvalue weighted by atomic mass is 10.1. The second-order valence-corrected chi connectivity index (χ2v) is 6.37. The predicted octanol–water partition coefficient (Wildman–Crippen LogP) is 3.72. The lowest BCUT2D eigenvalue weighted by Crippen LogP contribution is -2.43. The van der Waals surface area contributed by atoms with Crippen LogP contribution >= 0.6 is 23.2 Å². The fourth-order valence-corrected chi connectivity index (χ4v) is 2.89. The summed E-state index contributed by atoms with van der Waals surface area (Å²) in [5.41, 5.74) is 1.23. The Balaban J connectivity index is 1.70. The Morgan fingerprint density at radius 2 is 1.64 bits per heavy atom. The molecule has 0 aliphatic carbocycles. The second kappa shape index (κ2) is 6.86. The topological polar surface area (TPSA) is 63.7 Å². The molecular weight excluding hydrogens is 365 g/mol. The van der Waals surface area contributed by atoms with E-state index in [1.807, 2.05) is 0 Å². The van der Waals surface area contributed by atoms with Crippen molar-refractivity contribution in [1.82, 2.24) is 4.90 Å². The molecule has 7 heteroatoms. The van der Waals surface area contributed by atoms with Crippen LogP contribution in [0.2, 0.25) is 10.0 Å². The van der Waals surface area contributed by atoms with Gasteiger partial charge in [-0.2, -0.15) is 0 Å². The van der Waals surface area contributed by atoms with E-state index in [0.29, 0.717) is 15.6 Å². The van der Waals surface area contributed by atoms with Crippen molar-refractivity contribution in [3.05, 3.63) is 69.2 Å². The number of benzene rings is 2. The van der Waals surface area contributed by atoms with Gasteiger partial charge in [-0.15, -0.1) is 0 Å². The molecule has 0 bridgehead atoms. The zero-order valence-corrected chi connectivity index (χ0v) is 14.7. The van der Waals surface area contributed by atoms with E-state index in [9.17, 15) is 14.4 Å². The Hall–Kier alpha value is -2.37. The third-order valence-electron chi connectivity index (χ3n) is 3.92. The Morgan fingerprint density at radius 3 is 2.20 bits per heavy atom. The predicted molar refractivity (Wildman–Crippen MR) is 92.7 cm³/mol. The lowest BCUT2D eigenvalue weighted by molar-refractivity contribution is -0.149. The van der Waals surface area contributed by atoms with Crippen molar-refractivity contribution in [3.8, 4) is 0 Å². The molecule has 25 heavy (non-hydrogen) atoms. The summed E-state index contributed by atoms with van der Waals surface area (Å²) in [5, 5.41) is 0.750. The molecule has 1 atom stereocenters. The third kappa shape index (κ3) is 3.25. The molecule has 0 saturated heterocycles. The maximum atomic E-state index is 12.4. The van der Waals surface area contributed by atoms with E-state index in [4.69, 9.17) is 27.9 Å². The average Bonchev–Trinajstić information content (AvgIpc) is 2.86. The van der Waals surface area contributed by atoms with Crippen molar-refractivity contribution in [2.24, 2.45) is 0 Å². The van der Waals surface area contributed by atoms with Gasteiger partial charge >= 0.3 is 5.97 Å². The van der Waals surface area contributed by atoms with E-state index < -0.39 is 23.8 Å². The number of carbonyl (C=O) groups is 3. The minimum absolute atomic E-state index is 0.0385. The Bertz CT molecular complexity index is 846. The number of amides is 2. The van der Waals surface area contributed by atoms with E-state index in [-0.39, 0.29) is 17.7 Å². The van der Waals surface area contributed by atoms with Gasteiger partial charge in [0, 0.05) is 0 Å². The molecule has 1 heterocycles. The molecule has 2 amide bonds. The first-order valence-corrected chi connectivity index (χ1v) is 8.23. The number of nitrogens with zero attached hydrogens (tertiary/aromatic N) is 1. The second-order valence-electron chi connectivity index (χ2n) is 5.56. The molecule has 128 valence electrons. The van der Waals surface area contributed by atoms with E-state index in [1.54, 1.807) is 42.5 Å². The fourth-order valence-electron chi connectivity index (χ4n) is 2.57. The third-order valence-corrected chi connectivity index (χ3v) is 4.66. The number of carbonyl (C=O) groups excluding carboxylic acids is 3. The molecule has 0 fully saturated rings. The molecule has 0 radical (unpaired) electrons. The molecule has 0 saturated carbocycles. The van der Waals surface area contributed by atoms with E-state index in [1.165, 1.54) is 6.92 Å². The van der Waals surface area contributed by atoms with Gasteiger partial charge in [-0.05, 0) is 36.8 Å². The van der Waals surface area contributed by atoms with Gasteiger partial charge in [-0.1, -0.05) is 41.4 Å². The maximum Gasteiger partial charge on any atom is 0.329 e. The number of fused-ring (bicyclic) bond motifs is 1. The number of ether oxygens (including phenoxy) is 1. The van der Waals surface area contributed by atoms with Crippen LogP contribution in [0.3, 0.4) is 0 Å². The monoisotopic (exact) mass is 377 g/mol. The SMILES string of the molecule is C[C@@H](C(=O)OCc1ccc(Cl)c(Cl)c1)N1C(=O)c2ccccc2C1=O. The number of imide groups is 1. The Morgan fingerprint density at radius 1 is 1.04 bits per heavy atom. The van der Waals surface area contributed by atoms with Crippen molar-refractivity contribution in [1.29, 1.82) is 0 Å². The minimum Gasteiger partial charge on any atom is -0.459 e. The standard InChI is InChI=1S/C18H13Cl2NO4/c1-10(18(24)25-9-11-6-7-14(19)15(20)8-11)21-16(22)12-4-2-3-5-13(12)17(21)23/h2-8,10H,9H2,1H3/t10-/m0/s1. The van der Waals surface area contributed by atoms with Crippen LogP contribution in [-0.2, 0) is 16.1 Å². The first-order chi connectivity index (χ1) is 11.9. The molecule has 5 nitrogen and oxygen atoms in total. The summed E-state index contributed by atoms with van der Waals surface area (Å²) >= 11 is 11.7. The van der Waals surface area contributed by atoms with Gasteiger partial charge in [0.15, 0.2) is 0 Å². The van der Waals surface area contributed by atoms with Crippen LogP contribution in [0.4, 0.5) is 0 Å². The molecule has 2 aromatic carbocycles. The van der Waals surface area contributed by atoms with Crippen LogP contribution < -0.4 is 0 Å². The molecular formula is C18H13Cl2NO4. The Kier molecular flexibility index (Phi) is 4.79. The molecule has 1 aliphatic heterocycles. The minimum atomic E-state index is -1.03. The maximum absolute atomic E-state index is 12.4.